The van der Waals surface area contributed by atoms with Crippen molar-refractivity contribution < 1.29 is 19.0 Å². The van der Waals surface area contributed by atoms with Crippen LogP contribution in [0.3, 0.4) is 0 Å². The van der Waals surface area contributed by atoms with Gasteiger partial charge in [0, 0.05) is 5.56 Å². The zero-order chi connectivity index (χ0) is 14.4. The van der Waals surface area contributed by atoms with E-state index < -0.39 is 0 Å². The number of methoxy groups -OCH3 is 2. The Morgan fingerprint density at radius 3 is 2.40 bits per heavy atom. The highest BCUT2D eigenvalue weighted by Crippen LogP contribution is 2.32. The first-order chi connectivity index (χ1) is 9.76. The molecule has 0 amide bonds. The molecule has 2 heterocycles. The maximum absolute atomic E-state index is 10.2. The number of hydrogen-bond acceptors (Lipinski definition) is 4. The fraction of sp³-hybridized carbons (Fsp3) is 0.188. The average Bonchev–Trinajstić information content (AvgIpc) is 2.56. The third-order valence-corrected chi connectivity index (χ3v) is 2.85. The van der Waals surface area contributed by atoms with E-state index in [1.807, 2.05) is 18.2 Å². The van der Waals surface area contributed by atoms with Crippen LogP contribution in [0.15, 0.2) is 42.5 Å². The summed E-state index contributed by atoms with van der Waals surface area (Å²) in [5.41, 5.74) is 1.81. The molecule has 104 valence electrons. The summed E-state index contributed by atoms with van der Waals surface area (Å²) in [6.07, 6.45) is 0.794. The third kappa shape index (κ3) is 3.29. The lowest BCUT2D eigenvalue weighted by molar-refractivity contribution is 0.112. The van der Waals surface area contributed by atoms with Crippen LogP contribution in [0.4, 0.5) is 0 Å². The van der Waals surface area contributed by atoms with Gasteiger partial charge in [0.25, 0.3) is 0 Å². The standard InChI is InChI=1S/2C8H8O2/c1-9-8-4-6-2-3-7(8)10-5-6;1-10-8-4-2-3-7(5-8)6-9/h2-4H,5H2,1H3;2-6H,1H3. The second kappa shape index (κ2) is 6.61. The van der Waals surface area contributed by atoms with E-state index in [1.54, 1.807) is 38.5 Å². The van der Waals surface area contributed by atoms with E-state index in [-0.39, 0.29) is 0 Å². The monoisotopic (exact) mass is 272 g/mol. The molecule has 0 aliphatic carbocycles. The van der Waals surface area contributed by atoms with Crippen molar-refractivity contribution in [3.05, 3.63) is 53.6 Å². The molecule has 0 spiro atoms. The highest BCUT2D eigenvalue weighted by Gasteiger charge is 2.11. The predicted octanol–water partition coefficient (Wildman–Crippen LogP) is 3.10. The summed E-state index contributed by atoms with van der Waals surface area (Å²) in [5.74, 6) is 2.39. The molecule has 4 heteroatoms. The van der Waals surface area contributed by atoms with Gasteiger partial charge in [0.1, 0.15) is 18.6 Å². The molecule has 4 nitrogen and oxygen atoms in total. The van der Waals surface area contributed by atoms with Crippen molar-refractivity contribution in [3.8, 4) is 17.2 Å². The lowest BCUT2D eigenvalue weighted by atomic mass is 10.2. The van der Waals surface area contributed by atoms with Gasteiger partial charge in [0.15, 0.2) is 11.5 Å². The molecule has 2 aromatic carbocycles. The van der Waals surface area contributed by atoms with Crippen LogP contribution < -0.4 is 14.2 Å². The number of aldehydes is 1. The first-order valence-corrected chi connectivity index (χ1v) is 6.15. The molecule has 0 fully saturated rings. The molecule has 0 atom stereocenters. The van der Waals surface area contributed by atoms with E-state index in [2.05, 4.69) is 0 Å². The highest BCUT2D eigenvalue weighted by molar-refractivity contribution is 5.75. The zero-order valence-corrected chi connectivity index (χ0v) is 11.5. The van der Waals surface area contributed by atoms with Crippen molar-refractivity contribution in [2.24, 2.45) is 0 Å². The van der Waals surface area contributed by atoms with Crippen LogP contribution in [0.5, 0.6) is 17.2 Å². The lowest BCUT2D eigenvalue weighted by Gasteiger charge is -2.17. The Hall–Kier alpha value is -2.49. The minimum Gasteiger partial charge on any atom is -0.497 e. The van der Waals surface area contributed by atoms with Gasteiger partial charge < -0.3 is 14.2 Å². The minimum absolute atomic E-state index is 0.638. The molecule has 0 N–H and O–H groups in total. The molecule has 2 aliphatic rings. The SMILES string of the molecule is COc1cc2ccc1OC2.COc1cccc(C=O)c1. The maximum Gasteiger partial charge on any atom is 0.161 e. The van der Waals surface area contributed by atoms with Crippen molar-refractivity contribution in [1.82, 2.24) is 0 Å². The van der Waals surface area contributed by atoms with Gasteiger partial charge in [0.05, 0.1) is 14.2 Å². The van der Waals surface area contributed by atoms with Gasteiger partial charge in [-0.2, -0.15) is 0 Å². The van der Waals surface area contributed by atoms with Crippen molar-refractivity contribution in [2.45, 2.75) is 6.61 Å². The van der Waals surface area contributed by atoms with Crippen LogP contribution in [-0.4, -0.2) is 20.5 Å². The smallest absolute Gasteiger partial charge is 0.161 e. The molecular weight excluding hydrogens is 256 g/mol. The number of benzene rings is 2. The van der Waals surface area contributed by atoms with Gasteiger partial charge in [-0.1, -0.05) is 18.2 Å². The van der Waals surface area contributed by atoms with E-state index in [0.717, 1.165) is 17.8 Å². The number of ether oxygens (including phenoxy) is 3. The number of fused-ring (bicyclic) bond motifs is 3. The first kappa shape index (κ1) is 13.9. The largest absolute Gasteiger partial charge is 0.497 e. The topological polar surface area (TPSA) is 44.8 Å². The minimum atomic E-state index is 0.638. The Morgan fingerprint density at radius 2 is 1.95 bits per heavy atom. The Labute approximate surface area is 117 Å². The van der Waals surface area contributed by atoms with E-state index in [0.29, 0.717) is 17.9 Å². The second-order valence-corrected chi connectivity index (χ2v) is 4.17. The van der Waals surface area contributed by atoms with E-state index in [9.17, 15) is 4.79 Å². The van der Waals surface area contributed by atoms with Crippen molar-refractivity contribution in [2.75, 3.05) is 14.2 Å². The van der Waals surface area contributed by atoms with E-state index in [4.69, 9.17) is 14.2 Å². The number of carbonyl (C=O) groups excluding carboxylic acids is 1. The lowest BCUT2D eigenvalue weighted by Crippen LogP contribution is -2.03. The van der Waals surface area contributed by atoms with Crippen molar-refractivity contribution in [3.63, 3.8) is 0 Å². The molecule has 0 radical (unpaired) electrons. The summed E-state index contributed by atoms with van der Waals surface area (Å²) >= 11 is 0. The molecule has 0 saturated carbocycles. The van der Waals surface area contributed by atoms with Crippen LogP contribution in [0.25, 0.3) is 0 Å². The highest BCUT2D eigenvalue weighted by atomic mass is 16.5. The molecule has 2 aromatic rings. The van der Waals surface area contributed by atoms with Gasteiger partial charge >= 0.3 is 0 Å². The Kier molecular flexibility index (Phi) is 4.60. The molecule has 0 aromatic heterocycles. The maximum atomic E-state index is 10.2. The Bertz CT molecular complexity index is 593. The number of hydrogen-bond donors (Lipinski definition) is 0. The summed E-state index contributed by atoms with van der Waals surface area (Å²) in [6.45, 7) is 0.693. The molecule has 4 rings (SSSR count). The number of carbonyl (C=O) groups is 1. The molecule has 0 unspecified atom stereocenters. The number of rotatable bonds is 3. The van der Waals surface area contributed by atoms with Crippen LogP contribution in [0, 0.1) is 0 Å². The summed E-state index contributed by atoms with van der Waals surface area (Å²) in [5, 5.41) is 0. The van der Waals surface area contributed by atoms with Crippen LogP contribution in [-0.2, 0) is 6.61 Å². The Morgan fingerprint density at radius 1 is 1.10 bits per heavy atom. The van der Waals surface area contributed by atoms with E-state index in [1.165, 1.54) is 5.56 Å². The predicted molar refractivity (Wildman–Crippen MR) is 75.7 cm³/mol. The third-order valence-electron chi connectivity index (χ3n) is 2.85. The molecular formula is C16H16O4. The summed E-state index contributed by atoms with van der Waals surface area (Å²) < 4.78 is 15.2. The quantitative estimate of drug-likeness (QED) is 0.805. The van der Waals surface area contributed by atoms with Crippen molar-refractivity contribution in [1.29, 1.82) is 0 Å². The zero-order valence-electron chi connectivity index (χ0n) is 11.5. The first-order valence-electron chi connectivity index (χ1n) is 6.15. The summed E-state index contributed by atoms with van der Waals surface area (Å²) in [4.78, 5) is 10.2. The Balaban J connectivity index is 0.000000147. The van der Waals surface area contributed by atoms with Gasteiger partial charge in [0.2, 0.25) is 0 Å². The second-order valence-electron chi connectivity index (χ2n) is 4.17. The van der Waals surface area contributed by atoms with Gasteiger partial charge in [-0.25, -0.2) is 0 Å². The van der Waals surface area contributed by atoms with Gasteiger partial charge in [-0.05, 0) is 29.8 Å². The van der Waals surface area contributed by atoms with Crippen LogP contribution >= 0.6 is 0 Å². The van der Waals surface area contributed by atoms with Crippen molar-refractivity contribution >= 4 is 6.29 Å². The molecule has 2 aliphatic heterocycles. The van der Waals surface area contributed by atoms with E-state index >= 15 is 0 Å². The van der Waals surface area contributed by atoms with Crippen LogP contribution in [0.1, 0.15) is 15.9 Å². The molecule has 20 heavy (non-hydrogen) atoms. The fourth-order valence-electron chi connectivity index (χ4n) is 1.80. The van der Waals surface area contributed by atoms with Gasteiger partial charge in [-0.15, -0.1) is 0 Å². The molecule has 2 bridgehead atoms. The average molecular weight is 272 g/mol. The van der Waals surface area contributed by atoms with Crippen LogP contribution in [0.2, 0.25) is 0 Å². The summed E-state index contributed by atoms with van der Waals surface area (Å²) in [7, 11) is 3.22. The summed E-state index contributed by atoms with van der Waals surface area (Å²) in [6, 6.07) is 13.0. The normalized spacial score (nSPS) is 10.9. The molecule has 0 saturated heterocycles. The van der Waals surface area contributed by atoms with Gasteiger partial charge in [-0.3, -0.25) is 4.79 Å². The fourth-order valence-corrected chi connectivity index (χ4v) is 1.80.